The van der Waals surface area contributed by atoms with Crippen molar-refractivity contribution in [2.45, 2.75) is 19.8 Å². The van der Waals surface area contributed by atoms with Gasteiger partial charge in [0.25, 0.3) is 0 Å². The second-order valence-electron chi connectivity index (χ2n) is 4.85. The predicted octanol–water partition coefficient (Wildman–Crippen LogP) is 3.06. The summed E-state index contributed by atoms with van der Waals surface area (Å²) in [6.45, 7) is 2.76. The highest BCUT2D eigenvalue weighted by Crippen LogP contribution is 2.36. The first kappa shape index (κ1) is 13.2. The number of benzene rings is 1. The molecule has 5 heteroatoms. The first-order valence-corrected chi connectivity index (χ1v) is 6.43. The van der Waals surface area contributed by atoms with E-state index in [0.717, 1.165) is 5.92 Å². The lowest BCUT2D eigenvalue weighted by atomic mass is 10.1. The maximum atomic E-state index is 13.7. The van der Waals surface area contributed by atoms with E-state index in [1.54, 1.807) is 0 Å². The molecule has 18 heavy (non-hydrogen) atoms. The number of halogens is 2. The molecule has 1 unspecified atom stereocenters. The molecule has 1 aromatic carbocycles. The largest absolute Gasteiger partial charge is 0.389 e. The van der Waals surface area contributed by atoms with Crippen molar-refractivity contribution in [3.05, 3.63) is 29.3 Å². The molecule has 0 radical (unpaired) electrons. The van der Waals surface area contributed by atoms with Crippen molar-refractivity contribution in [1.29, 1.82) is 0 Å². The molecule has 0 heterocycles. The van der Waals surface area contributed by atoms with Crippen molar-refractivity contribution < 1.29 is 8.78 Å². The Balaban J connectivity index is 2.08. The van der Waals surface area contributed by atoms with Crippen LogP contribution in [0.1, 0.15) is 25.3 Å². The van der Waals surface area contributed by atoms with E-state index in [4.69, 9.17) is 5.73 Å². The van der Waals surface area contributed by atoms with Gasteiger partial charge in [0.2, 0.25) is 0 Å². The van der Waals surface area contributed by atoms with Crippen LogP contribution in [0.4, 0.5) is 14.5 Å². The van der Waals surface area contributed by atoms with Crippen LogP contribution in [0.2, 0.25) is 0 Å². The number of hydrogen-bond donors (Lipinski definition) is 2. The van der Waals surface area contributed by atoms with Crippen LogP contribution in [0.15, 0.2) is 12.1 Å². The Morgan fingerprint density at radius 1 is 1.44 bits per heavy atom. The lowest BCUT2D eigenvalue weighted by Crippen LogP contribution is -2.16. The Labute approximate surface area is 111 Å². The van der Waals surface area contributed by atoms with Crippen LogP contribution >= 0.6 is 12.2 Å². The van der Waals surface area contributed by atoms with E-state index in [1.807, 2.05) is 0 Å². The lowest BCUT2D eigenvalue weighted by Gasteiger charge is -2.14. The maximum absolute atomic E-state index is 13.7. The zero-order chi connectivity index (χ0) is 13.3. The topological polar surface area (TPSA) is 38.0 Å². The van der Waals surface area contributed by atoms with Gasteiger partial charge in [0.15, 0.2) is 11.6 Å². The van der Waals surface area contributed by atoms with E-state index in [9.17, 15) is 8.78 Å². The average Bonchev–Trinajstić information content (AvgIpc) is 3.14. The van der Waals surface area contributed by atoms with Crippen molar-refractivity contribution in [1.82, 2.24) is 0 Å². The first-order chi connectivity index (χ1) is 8.50. The van der Waals surface area contributed by atoms with Crippen LogP contribution in [0.3, 0.4) is 0 Å². The summed E-state index contributed by atoms with van der Waals surface area (Å²) >= 11 is 4.65. The minimum absolute atomic E-state index is 0.0525. The van der Waals surface area contributed by atoms with Crippen molar-refractivity contribution in [2.75, 3.05) is 11.9 Å². The number of hydrogen-bond acceptors (Lipinski definition) is 2. The number of nitrogens with one attached hydrogen (secondary N) is 1. The smallest absolute Gasteiger partial charge is 0.182 e. The molecule has 0 saturated heterocycles. The highest BCUT2D eigenvalue weighted by molar-refractivity contribution is 7.80. The van der Waals surface area contributed by atoms with Crippen LogP contribution < -0.4 is 11.1 Å². The molecule has 0 spiro atoms. The molecule has 0 bridgehead atoms. The molecular weight excluding hydrogens is 254 g/mol. The Morgan fingerprint density at radius 3 is 2.67 bits per heavy atom. The SMILES string of the molecule is CC(CNc1ccc(C(N)=S)c(F)c1F)C1CC1. The summed E-state index contributed by atoms with van der Waals surface area (Å²) in [6, 6.07) is 2.89. The molecule has 1 aromatic rings. The van der Waals surface area contributed by atoms with Crippen molar-refractivity contribution in [3.63, 3.8) is 0 Å². The van der Waals surface area contributed by atoms with E-state index in [0.29, 0.717) is 12.5 Å². The van der Waals surface area contributed by atoms with Gasteiger partial charge in [-0.3, -0.25) is 0 Å². The summed E-state index contributed by atoms with van der Waals surface area (Å²) in [4.78, 5) is -0.135. The second-order valence-corrected chi connectivity index (χ2v) is 5.29. The van der Waals surface area contributed by atoms with Crippen molar-refractivity contribution >= 4 is 22.9 Å². The zero-order valence-corrected chi connectivity index (χ0v) is 11.0. The summed E-state index contributed by atoms with van der Waals surface area (Å²) < 4.78 is 27.4. The van der Waals surface area contributed by atoms with Gasteiger partial charge < -0.3 is 11.1 Å². The van der Waals surface area contributed by atoms with Crippen molar-refractivity contribution in [3.8, 4) is 0 Å². The third kappa shape index (κ3) is 2.77. The van der Waals surface area contributed by atoms with E-state index in [-0.39, 0.29) is 16.2 Å². The van der Waals surface area contributed by atoms with Gasteiger partial charge in [0, 0.05) is 12.1 Å². The normalized spacial score (nSPS) is 16.4. The van der Waals surface area contributed by atoms with Gasteiger partial charge >= 0.3 is 0 Å². The summed E-state index contributed by atoms with van der Waals surface area (Å²) in [5, 5.41) is 2.94. The van der Waals surface area contributed by atoms with Crippen LogP contribution in [-0.4, -0.2) is 11.5 Å². The minimum Gasteiger partial charge on any atom is -0.389 e. The van der Waals surface area contributed by atoms with Gasteiger partial charge in [0.05, 0.1) is 5.69 Å². The maximum Gasteiger partial charge on any atom is 0.182 e. The molecule has 3 N–H and O–H groups in total. The van der Waals surface area contributed by atoms with Crippen LogP contribution in [-0.2, 0) is 0 Å². The van der Waals surface area contributed by atoms with Gasteiger partial charge in [-0.1, -0.05) is 19.1 Å². The Hall–Kier alpha value is -1.23. The average molecular weight is 270 g/mol. The third-order valence-electron chi connectivity index (χ3n) is 3.39. The molecule has 98 valence electrons. The number of rotatable bonds is 5. The number of anilines is 1. The molecular formula is C13H16F2N2S. The fraction of sp³-hybridized carbons (Fsp3) is 0.462. The van der Waals surface area contributed by atoms with E-state index >= 15 is 0 Å². The monoisotopic (exact) mass is 270 g/mol. The number of thiocarbonyl (C=S) groups is 1. The molecule has 0 amide bonds. The van der Waals surface area contributed by atoms with Gasteiger partial charge in [-0.05, 0) is 36.8 Å². The van der Waals surface area contributed by atoms with Gasteiger partial charge in [-0.25, -0.2) is 8.78 Å². The standard InChI is InChI=1S/C13H16F2N2S/c1-7(8-2-3-8)6-17-10-5-4-9(13(16)18)11(14)12(10)15/h4-5,7-8,17H,2-3,6H2,1H3,(H2,16,18). The van der Waals surface area contributed by atoms with E-state index < -0.39 is 11.6 Å². The second kappa shape index (κ2) is 5.18. The van der Waals surface area contributed by atoms with Crippen LogP contribution in [0.25, 0.3) is 0 Å². The van der Waals surface area contributed by atoms with Gasteiger partial charge in [-0.15, -0.1) is 0 Å². The van der Waals surface area contributed by atoms with Gasteiger partial charge in [-0.2, -0.15) is 0 Å². The summed E-state index contributed by atoms with van der Waals surface area (Å²) in [5.41, 5.74) is 5.42. The Kier molecular flexibility index (Phi) is 3.80. The minimum atomic E-state index is -0.980. The zero-order valence-electron chi connectivity index (χ0n) is 10.2. The van der Waals surface area contributed by atoms with E-state index in [1.165, 1.54) is 25.0 Å². The fourth-order valence-corrected chi connectivity index (χ4v) is 2.14. The molecule has 1 saturated carbocycles. The molecule has 2 nitrogen and oxygen atoms in total. The van der Waals surface area contributed by atoms with Crippen LogP contribution in [0.5, 0.6) is 0 Å². The molecule has 1 aliphatic rings. The quantitative estimate of drug-likeness (QED) is 0.808. The molecule has 0 aliphatic heterocycles. The molecule has 1 aliphatic carbocycles. The predicted molar refractivity (Wildman–Crippen MR) is 72.6 cm³/mol. The highest BCUT2D eigenvalue weighted by atomic mass is 32.1. The summed E-state index contributed by atoms with van der Waals surface area (Å²) in [5.74, 6) is -0.695. The highest BCUT2D eigenvalue weighted by Gasteiger charge is 2.27. The van der Waals surface area contributed by atoms with Crippen molar-refractivity contribution in [2.24, 2.45) is 17.6 Å². The lowest BCUT2D eigenvalue weighted by molar-refractivity contribution is 0.503. The Bertz CT molecular complexity index is 472. The molecule has 1 atom stereocenters. The Morgan fingerprint density at radius 2 is 2.11 bits per heavy atom. The van der Waals surface area contributed by atoms with Crippen LogP contribution in [0, 0.1) is 23.5 Å². The summed E-state index contributed by atoms with van der Waals surface area (Å²) in [6.07, 6.45) is 2.47. The summed E-state index contributed by atoms with van der Waals surface area (Å²) in [7, 11) is 0. The van der Waals surface area contributed by atoms with E-state index in [2.05, 4.69) is 24.5 Å². The fourth-order valence-electron chi connectivity index (χ4n) is 1.98. The van der Waals surface area contributed by atoms with Gasteiger partial charge in [0.1, 0.15) is 4.99 Å². The molecule has 0 aromatic heterocycles. The third-order valence-corrected chi connectivity index (χ3v) is 3.61. The first-order valence-electron chi connectivity index (χ1n) is 6.02. The molecule has 1 fully saturated rings. The number of nitrogens with two attached hydrogens (primary N) is 1. The molecule has 2 rings (SSSR count).